The van der Waals surface area contributed by atoms with Gasteiger partial charge in [-0.15, -0.1) is 0 Å². The summed E-state index contributed by atoms with van der Waals surface area (Å²) in [5, 5.41) is 9.41. The van der Waals surface area contributed by atoms with Crippen molar-refractivity contribution in [3.05, 3.63) is 29.3 Å². The van der Waals surface area contributed by atoms with E-state index in [2.05, 4.69) is 6.07 Å². The van der Waals surface area contributed by atoms with Crippen molar-refractivity contribution < 1.29 is 14.6 Å². The molecule has 0 atom stereocenters. The van der Waals surface area contributed by atoms with Gasteiger partial charge >= 0.3 is 0 Å². The van der Waals surface area contributed by atoms with Crippen molar-refractivity contribution in [1.82, 2.24) is 4.90 Å². The zero-order valence-electron chi connectivity index (χ0n) is 11.6. The summed E-state index contributed by atoms with van der Waals surface area (Å²) < 4.78 is 5.56. The molecule has 0 aromatic heterocycles. The number of aliphatic hydroxyl groups is 1. The number of likely N-dealkylation sites (tertiary alicyclic amines) is 1. The quantitative estimate of drug-likeness (QED) is 0.902. The highest BCUT2D eigenvalue weighted by Crippen LogP contribution is 2.16. The summed E-state index contributed by atoms with van der Waals surface area (Å²) in [5.74, 6) is 0.731. The van der Waals surface area contributed by atoms with Crippen LogP contribution in [0.3, 0.4) is 0 Å². The lowest BCUT2D eigenvalue weighted by Gasteiger charge is -2.29. The van der Waals surface area contributed by atoms with Crippen LogP contribution in [0.2, 0.25) is 0 Å². The van der Waals surface area contributed by atoms with E-state index in [1.165, 1.54) is 0 Å². The van der Waals surface area contributed by atoms with Gasteiger partial charge in [-0.25, -0.2) is 0 Å². The van der Waals surface area contributed by atoms with Gasteiger partial charge in [-0.2, -0.15) is 0 Å². The summed E-state index contributed by atoms with van der Waals surface area (Å²) in [7, 11) is 0. The van der Waals surface area contributed by atoms with Crippen LogP contribution in [0.15, 0.2) is 18.2 Å². The highest BCUT2D eigenvalue weighted by atomic mass is 16.5. The van der Waals surface area contributed by atoms with Crippen LogP contribution < -0.4 is 4.74 Å². The summed E-state index contributed by atoms with van der Waals surface area (Å²) in [4.78, 5) is 13.7. The molecule has 1 aliphatic rings. The van der Waals surface area contributed by atoms with Gasteiger partial charge in [0.05, 0.1) is 6.10 Å². The number of nitrogens with zero attached hydrogens (tertiary/aromatic N) is 1. The van der Waals surface area contributed by atoms with Gasteiger partial charge in [0.15, 0.2) is 6.61 Å². The number of benzene rings is 1. The molecular weight excluding hydrogens is 242 g/mol. The SMILES string of the molecule is Cc1cc(C)cc(OCC(=O)N2CCC(O)CC2)c1. The van der Waals surface area contributed by atoms with Gasteiger partial charge in [0.2, 0.25) is 0 Å². The number of hydrogen-bond donors (Lipinski definition) is 1. The second-order valence-electron chi connectivity index (χ2n) is 5.22. The van der Waals surface area contributed by atoms with E-state index < -0.39 is 0 Å². The standard InChI is InChI=1S/C15H21NO3/c1-11-7-12(2)9-14(8-11)19-10-15(18)16-5-3-13(17)4-6-16/h7-9,13,17H,3-6,10H2,1-2H3. The molecule has 0 radical (unpaired) electrons. The molecule has 1 saturated heterocycles. The van der Waals surface area contributed by atoms with Crippen molar-refractivity contribution in [2.45, 2.75) is 32.8 Å². The number of carbonyl (C=O) groups is 1. The average molecular weight is 263 g/mol. The van der Waals surface area contributed by atoms with E-state index in [0.717, 1.165) is 16.9 Å². The fourth-order valence-electron chi connectivity index (χ4n) is 2.37. The number of carbonyl (C=O) groups excluding carboxylic acids is 1. The van der Waals surface area contributed by atoms with E-state index in [4.69, 9.17) is 4.74 Å². The maximum absolute atomic E-state index is 12.0. The first-order valence-electron chi connectivity index (χ1n) is 6.71. The number of amides is 1. The molecule has 0 saturated carbocycles. The predicted octanol–water partition coefficient (Wildman–Crippen LogP) is 1.67. The Morgan fingerprint density at radius 3 is 2.42 bits per heavy atom. The van der Waals surface area contributed by atoms with Crippen LogP contribution in [0.5, 0.6) is 5.75 Å². The van der Waals surface area contributed by atoms with Crippen LogP contribution in [-0.2, 0) is 4.79 Å². The van der Waals surface area contributed by atoms with Crippen molar-refractivity contribution in [1.29, 1.82) is 0 Å². The molecule has 1 amide bonds. The molecule has 1 aromatic rings. The summed E-state index contributed by atoms with van der Waals surface area (Å²) in [6, 6.07) is 5.93. The van der Waals surface area contributed by atoms with Crippen LogP contribution in [0.4, 0.5) is 0 Å². The molecule has 4 nitrogen and oxygen atoms in total. The first-order valence-corrected chi connectivity index (χ1v) is 6.71. The summed E-state index contributed by atoms with van der Waals surface area (Å²) in [6.45, 7) is 5.33. The molecule has 19 heavy (non-hydrogen) atoms. The van der Waals surface area contributed by atoms with E-state index in [1.807, 2.05) is 26.0 Å². The summed E-state index contributed by atoms with van der Waals surface area (Å²) >= 11 is 0. The van der Waals surface area contributed by atoms with E-state index in [0.29, 0.717) is 25.9 Å². The van der Waals surface area contributed by atoms with Gasteiger partial charge in [-0.1, -0.05) is 6.07 Å². The van der Waals surface area contributed by atoms with E-state index >= 15 is 0 Å². The predicted molar refractivity (Wildman–Crippen MR) is 73.2 cm³/mol. The lowest BCUT2D eigenvalue weighted by Crippen LogP contribution is -2.42. The number of piperidine rings is 1. The van der Waals surface area contributed by atoms with Crippen LogP contribution in [0, 0.1) is 13.8 Å². The molecule has 1 aliphatic heterocycles. The van der Waals surface area contributed by atoms with Gasteiger partial charge in [-0.05, 0) is 49.9 Å². The molecular formula is C15H21NO3. The molecule has 0 aliphatic carbocycles. The fourth-order valence-corrected chi connectivity index (χ4v) is 2.37. The minimum absolute atomic E-state index is 0.00828. The Hall–Kier alpha value is -1.55. The number of hydrogen-bond acceptors (Lipinski definition) is 3. The largest absolute Gasteiger partial charge is 0.484 e. The lowest BCUT2D eigenvalue weighted by molar-refractivity contribution is -0.135. The van der Waals surface area contributed by atoms with Crippen LogP contribution in [0.25, 0.3) is 0 Å². The number of aliphatic hydroxyl groups excluding tert-OH is 1. The Kier molecular flexibility index (Phi) is 4.43. The maximum atomic E-state index is 12.0. The minimum Gasteiger partial charge on any atom is -0.484 e. The van der Waals surface area contributed by atoms with Crippen LogP contribution in [0.1, 0.15) is 24.0 Å². The van der Waals surface area contributed by atoms with Gasteiger partial charge in [-0.3, -0.25) is 4.79 Å². The monoisotopic (exact) mass is 263 g/mol. The van der Waals surface area contributed by atoms with Gasteiger partial charge in [0.25, 0.3) is 5.91 Å². The van der Waals surface area contributed by atoms with Gasteiger partial charge in [0, 0.05) is 13.1 Å². The molecule has 0 unspecified atom stereocenters. The fraction of sp³-hybridized carbons (Fsp3) is 0.533. The number of aryl methyl sites for hydroxylation is 2. The van der Waals surface area contributed by atoms with Crippen molar-refractivity contribution >= 4 is 5.91 Å². The molecule has 2 rings (SSSR count). The molecule has 4 heteroatoms. The highest BCUT2D eigenvalue weighted by Gasteiger charge is 2.21. The third kappa shape index (κ3) is 3.96. The van der Waals surface area contributed by atoms with E-state index in [9.17, 15) is 9.90 Å². The zero-order chi connectivity index (χ0) is 13.8. The topological polar surface area (TPSA) is 49.8 Å². The molecule has 1 fully saturated rings. The number of rotatable bonds is 3. The molecule has 0 bridgehead atoms. The van der Waals surface area contributed by atoms with Gasteiger partial charge < -0.3 is 14.7 Å². The van der Waals surface area contributed by atoms with E-state index in [1.54, 1.807) is 4.90 Å². The Morgan fingerprint density at radius 1 is 1.26 bits per heavy atom. The Bertz CT molecular complexity index is 430. The normalized spacial score (nSPS) is 16.5. The maximum Gasteiger partial charge on any atom is 0.260 e. The minimum atomic E-state index is -0.260. The molecule has 1 heterocycles. The Balaban J connectivity index is 1.86. The third-order valence-electron chi connectivity index (χ3n) is 3.37. The van der Waals surface area contributed by atoms with Crippen LogP contribution in [-0.4, -0.2) is 41.7 Å². The smallest absolute Gasteiger partial charge is 0.260 e. The second-order valence-corrected chi connectivity index (χ2v) is 5.22. The molecule has 0 spiro atoms. The first-order chi connectivity index (χ1) is 9.04. The summed E-state index contributed by atoms with van der Waals surface area (Å²) in [5.41, 5.74) is 2.26. The highest BCUT2D eigenvalue weighted by molar-refractivity contribution is 5.77. The van der Waals surface area contributed by atoms with E-state index in [-0.39, 0.29) is 18.6 Å². The first kappa shape index (κ1) is 13.9. The summed E-state index contributed by atoms with van der Waals surface area (Å²) in [6.07, 6.45) is 1.06. The third-order valence-corrected chi connectivity index (χ3v) is 3.37. The Labute approximate surface area is 114 Å². The zero-order valence-corrected chi connectivity index (χ0v) is 11.6. The van der Waals surface area contributed by atoms with Crippen molar-refractivity contribution in [3.63, 3.8) is 0 Å². The molecule has 1 aromatic carbocycles. The lowest BCUT2D eigenvalue weighted by atomic mass is 10.1. The second kappa shape index (κ2) is 6.06. The molecule has 104 valence electrons. The molecule has 1 N–H and O–H groups in total. The van der Waals surface area contributed by atoms with Crippen molar-refractivity contribution in [3.8, 4) is 5.75 Å². The average Bonchev–Trinajstić information content (AvgIpc) is 2.36. The van der Waals surface area contributed by atoms with Crippen molar-refractivity contribution in [2.24, 2.45) is 0 Å². The number of ether oxygens (including phenoxy) is 1. The Morgan fingerprint density at radius 2 is 1.84 bits per heavy atom. The van der Waals surface area contributed by atoms with Crippen LogP contribution >= 0.6 is 0 Å². The van der Waals surface area contributed by atoms with Crippen molar-refractivity contribution in [2.75, 3.05) is 19.7 Å². The van der Waals surface area contributed by atoms with Gasteiger partial charge in [0.1, 0.15) is 5.75 Å².